The highest BCUT2D eigenvalue weighted by molar-refractivity contribution is 5.78. The molecule has 1 N–H and O–H groups in total. The van der Waals surface area contributed by atoms with Crippen LogP contribution in [0, 0.1) is 0 Å². The van der Waals surface area contributed by atoms with Crippen LogP contribution in [0.5, 0.6) is 0 Å². The van der Waals surface area contributed by atoms with E-state index in [0.717, 1.165) is 11.3 Å². The van der Waals surface area contributed by atoms with Crippen LogP contribution in [0.25, 0.3) is 0 Å². The highest BCUT2D eigenvalue weighted by atomic mass is 19.4. The van der Waals surface area contributed by atoms with Gasteiger partial charge in [0.1, 0.15) is 0 Å². The Morgan fingerprint density at radius 2 is 1.71 bits per heavy atom. The molecular weight excluding hydrogens is 283 g/mol. The van der Waals surface area contributed by atoms with Crippen LogP contribution in [-0.2, 0) is 11.3 Å². The van der Waals surface area contributed by atoms with Gasteiger partial charge in [0.2, 0.25) is 5.91 Å². The summed E-state index contributed by atoms with van der Waals surface area (Å²) in [5, 5.41) is 2.09. The van der Waals surface area contributed by atoms with Gasteiger partial charge in [-0.15, -0.1) is 0 Å². The molecule has 7 heteroatoms. The number of benzene rings is 1. The third-order valence-corrected chi connectivity index (χ3v) is 2.90. The zero-order chi connectivity index (χ0) is 16.0. The number of anilines is 1. The van der Waals surface area contributed by atoms with Crippen LogP contribution < -0.4 is 10.2 Å². The van der Waals surface area contributed by atoms with Crippen molar-refractivity contribution in [1.29, 1.82) is 0 Å². The molecule has 0 saturated carbocycles. The largest absolute Gasteiger partial charge is 0.401 e. The van der Waals surface area contributed by atoms with Gasteiger partial charge in [-0.05, 0) is 17.7 Å². The monoisotopic (exact) mass is 303 g/mol. The van der Waals surface area contributed by atoms with Gasteiger partial charge in [0, 0.05) is 33.4 Å². The summed E-state index contributed by atoms with van der Waals surface area (Å²) >= 11 is 0. The minimum Gasteiger partial charge on any atom is -0.378 e. The fourth-order valence-corrected chi connectivity index (χ4v) is 1.71. The minimum absolute atomic E-state index is 0.328. The van der Waals surface area contributed by atoms with Gasteiger partial charge in [-0.3, -0.25) is 4.79 Å². The quantitative estimate of drug-likeness (QED) is 0.871. The van der Waals surface area contributed by atoms with Crippen LogP contribution in [0.4, 0.5) is 18.9 Å². The first-order valence-corrected chi connectivity index (χ1v) is 6.47. The molecule has 0 aliphatic rings. The second kappa shape index (κ2) is 7.31. The second-order valence-corrected chi connectivity index (χ2v) is 5.03. The molecule has 0 aromatic heterocycles. The molecule has 0 unspecified atom stereocenters. The fourth-order valence-electron chi connectivity index (χ4n) is 1.71. The summed E-state index contributed by atoms with van der Waals surface area (Å²) in [6.07, 6.45) is -4.30. The van der Waals surface area contributed by atoms with Gasteiger partial charge >= 0.3 is 6.18 Å². The summed E-state index contributed by atoms with van der Waals surface area (Å²) in [5.41, 5.74) is 1.96. The first-order valence-electron chi connectivity index (χ1n) is 6.47. The van der Waals surface area contributed by atoms with Gasteiger partial charge in [0.25, 0.3) is 0 Å². The lowest BCUT2D eigenvalue weighted by atomic mass is 10.2. The molecule has 1 rings (SSSR count). The molecule has 1 aromatic carbocycles. The number of nitrogens with one attached hydrogen (secondary N) is 1. The Morgan fingerprint density at radius 3 is 2.19 bits per heavy atom. The lowest BCUT2D eigenvalue weighted by Gasteiger charge is -2.19. The molecule has 0 radical (unpaired) electrons. The first kappa shape index (κ1) is 17.3. The maximum absolute atomic E-state index is 12.0. The van der Waals surface area contributed by atoms with Crippen molar-refractivity contribution in [2.45, 2.75) is 12.7 Å². The van der Waals surface area contributed by atoms with Crippen LogP contribution in [0.2, 0.25) is 0 Å². The summed E-state index contributed by atoms with van der Waals surface area (Å²) in [6.45, 7) is -1.13. The molecule has 118 valence electrons. The first-order chi connectivity index (χ1) is 9.69. The zero-order valence-electron chi connectivity index (χ0n) is 12.4. The van der Waals surface area contributed by atoms with Gasteiger partial charge in [-0.2, -0.15) is 13.2 Å². The third kappa shape index (κ3) is 6.48. The van der Waals surface area contributed by atoms with Crippen LogP contribution >= 0.6 is 0 Å². The van der Waals surface area contributed by atoms with Crippen molar-refractivity contribution in [1.82, 2.24) is 10.2 Å². The summed E-state index contributed by atoms with van der Waals surface area (Å²) in [7, 11) is 5.42. The molecule has 1 aromatic rings. The summed E-state index contributed by atoms with van der Waals surface area (Å²) in [4.78, 5) is 15.1. The normalized spacial score (nSPS) is 11.3. The van der Waals surface area contributed by atoms with Crippen molar-refractivity contribution in [3.63, 3.8) is 0 Å². The number of hydrogen-bond acceptors (Lipinski definition) is 3. The molecule has 1 amide bonds. The van der Waals surface area contributed by atoms with Gasteiger partial charge in [-0.1, -0.05) is 12.1 Å². The van der Waals surface area contributed by atoms with Crippen LogP contribution in [0.3, 0.4) is 0 Å². The lowest BCUT2D eigenvalue weighted by Crippen LogP contribution is -2.38. The van der Waals surface area contributed by atoms with E-state index in [4.69, 9.17) is 0 Å². The maximum Gasteiger partial charge on any atom is 0.401 e. The van der Waals surface area contributed by atoms with E-state index in [9.17, 15) is 18.0 Å². The van der Waals surface area contributed by atoms with Crippen molar-refractivity contribution < 1.29 is 18.0 Å². The molecule has 21 heavy (non-hydrogen) atoms. The Bertz CT molecular complexity index is 458. The number of nitrogens with zero attached hydrogens (tertiary/aromatic N) is 2. The van der Waals surface area contributed by atoms with E-state index >= 15 is 0 Å². The van der Waals surface area contributed by atoms with Crippen molar-refractivity contribution in [2.24, 2.45) is 0 Å². The molecule has 0 aliphatic heterocycles. The average molecular weight is 303 g/mol. The fraction of sp³-hybridized carbons (Fsp3) is 0.500. The molecule has 0 atom stereocenters. The Labute approximate surface area is 122 Å². The molecule has 0 aliphatic carbocycles. The number of halogens is 3. The lowest BCUT2D eigenvalue weighted by molar-refractivity contribution is -0.133. The van der Waals surface area contributed by atoms with E-state index in [2.05, 4.69) is 5.32 Å². The highest BCUT2D eigenvalue weighted by Gasteiger charge is 2.26. The Hall–Kier alpha value is -1.76. The van der Waals surface area contributed by atoms with Crippen LogP contribution in [-0.4, -0.2) is 51.2 Å². The molecule has 0 heterocycles. The number of carbonyl (C=O) groups is 1. The standard InChI is InChI=1S/C14H20F3N3O/c1-19(2)12-6-4-11(5-7-12)9-20(3)13(21)8-18-10-14(15,16)17/h4-7,18H,8-10H2,1-3H3. The molecule has 0 bridgehead atoms. The molecule has 0 fully saturated rings. The van der Waals surface area contributed by atoms with E-state index in [1.165, 1.54) is 4.90 Å². The van der Waals surface area contributed by atoms with Gasteiger partial charge in [0.05, 0.1) is 13.1 Å². The Balaban J connectivity index is 2.44. The highest BCUT2D eigenvalue weighted by Crippen LogP contribution is 2.14. The summed E-state index contributed by atoms with van der Waals surface area (Å²) in [5.74, 6) is -0.379. The Morgan fingerprint density at radius 1 is 1.14 bits per heavy atom. The summed E-state index contributed by atoms with van der Waals surface area (Å²) < 4.78 is 35.9. The zero-order valence-corrected chi connectivity index (χ0v) is 12.4. The second-order valence-electron chi connectivity index (χ2n) is 5.03. The van der Waals surface area contributed by atoms with E-state index < -0.39 is 12.7 Å². The molecule has 0 saturated heterocycles. The number of hydrogen-bond donors (Lipinski definition) is 1. The van der Waals surface area contributed by atoms with Crippen molar-refractivity contribution in [2.75, 3.05) is 39.1 Å². The molecular formula is C14H20F3N3O. The van der Waals surface area contributed by atoms with Crippen molar-refractivity contribution >= 4 is 11.6 Å². The predicted octanol–water partition coefficient (Wildman–Crippen LogP) is 1.86. The smallest absolute Gasteiger partial charge is 0.378 e. The number of carbonyl (C=O) groups excluding carboxylic acids is 1. The van der Waals surface area contributed by atoms with Gasteiger partial charge in [0.15, 0.2) is 0 Å². The number of rotatable bonds is 6. The third-order valence-electron chi connectivity index (χ3n) is 2.90. The number of likely N-dealkylation sites (N-methyl/N-ethyl adjacent to an activating group) is 1. The SMILES string of the molecule is CN(Cc1ccc(N(C)C)cc1)C(=O)CNCC(F)(F)F. The van der Waals surface area contributed by atoms with Gasteiger partial charge in [-0.25, -0.2) is 0 Å². The van der Waals surface area contributed by atoms with Gasteiger partial charge < -0.3 is 15.1 Å². The van der Waals surface area contributed by atoms with E-state index in [-0.39, 0.29) is 12.5 Å². The average Bonchev–Trinajstić information content (AvgIpc) is 2.37. The van der Waals surface area contributed by atoms with Crippen LogP contribution in [0.15, 0.2) is 24.3 Å². The molecule has 0 spiro atoms. The Kier molecular flexibility index (Phi) is 6.02. The van der Waals surface area contributed by atoms with E-state index in [1.807, 2.05) is 43.3 Å². The van der Waals surface area contributed by atoms with E-state index in [1.54, 1.807) is 7.05 Å². The van der Waals surface area contributed by atoms with Crippen LogP contribution in [0.1, 0.15) is 5.56 Å². The predicted molar refractivity (Wildman–Crippen MR) is 76.2 cm³/mol. The van der Waals surface area contributed by atoms with E-state index in [0.29, 0.717) is 6.54 Å². The number of amides is 1. The number of alkyl halides is 3. The van der Waals surface area contributed by atoms with Crippen molar-refractivity contribution in [3.05, 3.63) is 29.8 Å². The topological polar surface area (TPSA) is 35.6 Å². The van der Waals surface area contributed by atoms with Crippen molar-refractivity contribution in [3.8, 4) is 0 Å². The maximum atomic E-state index is 12.0. The summed E-state index contributed by atoms with van der Waals surface area (Å²) in [6, 6.07) is 7.63. The minimum atomic E-state index is -4.30. The molecule has 4 nitrogen and oxygen atoms in total.